The molecule has 1 aromatic rings. The summed E-state index contributed by atoms with van der Waals surface area (Å²) in [6.45, 7) is 1.93. The van der Waals surface area contributed by atoms with E-state index in [2.05, 4.69) is 4.90 Å². The van der Waals surface area contributed by atoms with Gasteiger partial charge in [0.05, 0.1) is 12.7 Å². The molecule has 2 rings (SSSR count). The van der Waals surface area contributed by atoms with Gasteiger partial charge in [-0.25, -0.2) is 0 Å². The van der Waals surface area contributed by atoms with E-state index >= 15 is 0 Å². The molecule has 0 atom stereocenters. The second-order valence-electron chi connectivity index (χ2n) is 3.89. The Bertz CT molecular complexity index is 400. The third-order valence-corrected chi connectivity index (χ3v) is 3.08. The van der Waals surface area contributed by atoms with Crippen LogP contribution in [0, 0.1) is 5.41 Å². The first kappa shape index (κ1) is 11.3. The van der Waals surface area contributed by atoms with Gasteiger partial charge >= 0.3 is 0 Å². The number of benzene rings is 1. The summed E-state index contributed by atoms with van der Waals surface area (Å²) in [6, 6.07) is 5.40. The number of hydrogen-bond donors (Lipinski definition) is 1. The highest BCUT2D eigenvalue weighted by molar-refractivity contribution is 6.30. The topological polar surface area (TPSA) is 36.3 Å². The standard InChI is InChI=1S/C12H15ClN2O/c1-16-11-8-9(13)4-5-10(11)12(14)15-6-2-3-7-15/h4-5,8,14H,2-3,6-7H2,1H3. The van der Waals surface area contributed by atoms with Gasteiger partial charge in [-0.3, -0.25) is 5.41 Å². The average Bonchev–Trinajstić information content (AvgIpc) is 2.81. The molecule has 0 saturated carbocycles. The van der Waals surface area contributed by atoms with E-state index in [9.17, 15) is 0 Å². The summed E-state index contributed by atoms with van der Waals surface area (Å²) in [4.78, 5) is 2.08. The molecule has 1 heterocycles. The van der Waals surface area contributed by atoms with Gasteiger partial charge < -0.3 is 9.64 Å². The van der Waals surface area contributed by atoms with Crippen LogP contribution in [0.25, 0.3) is 0 Å². The van der Waals surface area contributed by atoms with E-state index in [0.29, 0.717) is 16.6 Å². The molecule has 4 heteroatoms. The maximum atomic E-state index is 8.14. The zero-order chi connectivity index (χ0) is 11.5. The molecular weight excluding hydrogens is 224 g/mol. The first-order chi connectivity index (χ1) is 7.72. The molecule has 16 heavy (non-hydrogen) atoms. The predicted octanol–water partition coefficient (Wildman–Crippen LogP) is 2.77. The Balaban J connectivity index is 2.28. The molecule has 0 aromatic heterocycles. The zero-order valence-electron chi connectivity index (χ0n) is 9.29. The van der Waals surface area contributed by atoms with E-state index in [1.165, 1.54) is 0 Å². The van der Waals surface area contributed by atoms with Gasteiger partial charge in [0.15, 0.2) is 0 Å². The lowest BCUT2D eigenvalue weighted by Gasteiger charge is -2.20. The van der Waals surface area contributed by atoms with E-state index in [-0.39, 0.29) is 0 Å². The maximum absolute atomic E-state index is 8.14. The molecule has 1 aliphatic rings. The molecule has 1 aromatic carbocycles. The minimum absolute atomic E-state index is 0.533. The molecule has 0 aliphatic carbocycles. The molecule has 0 amide bonds. The van der Waals surface area contributed by atoms with E-state index < -0.39 is 0 Å². The van der Waals surface area contributed by atoms with Crippen LogP contribution in [0.15, 0.2) is 18.2 Å². The van der Waals surface area contributed by atoms with Crippen molar-refractivity contribution < 1.29 is 4.74 Å². The first-order valence-corrected chi connectivity index (χ1v) is 5.77. The summed E-state index contributed by atoms with van der Waals surface area (Å²) in [5.41, 5.74) is 0.814. The average molecular weight is 239 g/mol. The quantitative estimate of drug-likeness (QED) is 0.635. The van der Waals surface area contributed by atoms with E-state index in [1.807, 2.05) is 6.07 Å². The number of halogens is 1. The fraction of sp³-hybridized carbons (Fsp3) is 0.417. The van der Waals surface area contributed by atoms with E-state index in [0.717, 1.165) is 31.5 Å². The van der Waals surface area contributed by atoms with E-state index in [4.69, 9.17) is 21.7 Å². The van der Waals surface area contributed by atoms with Crippen LogP contribution >= 0.6 is 11.6 Å². The largest absolute Gasteiger partial charge is 0.496 e. The number of ether oxygens (including phenoxy) is 1. The van der Waals surface area contributed by atoms with Crippen LogP contribution < -0.4 is 4.74 Å². The molecular formula is C12H15ClN2O. The number of likely N-dealkylation sites (tertiary alicyclic amines) is 1. The maximum Gasteiger partial charge on any atom is 0.131 e. The van der Waals surface area contributed by atoms with Crippen molar-refractivity contribution in [2.45, 2.75) is 12.8 Å². The minimum atomic E-state index is 0.533. The van der Waals surface area contributed by atoms with Gasteiger partial charge in [-0.15, -0.1) is 0 Å². The molecule has 1 aliphatic heterocycles. The van der Waals surface area contributed by atoms with Crippen molar-refractivity contribution in [1.82, 2.24) is 4.90 Å². The molecule has 86 valence electrons. The number of nitrogens with one attached hydrogen (secondary N) is 1. The van der Waals surface area contributed by atoms with Gasteiger partial charge in [0.1, 0.15) is 11.6 Å². The molecule has 0 bridgehead atoms. The normalized spacial score (nSPS) is 15.2. The summed E-state index contributed by atoms with van der Waals surface area (Å²) in [5.74, 6) is 1.20. The van der Waals surface area contributed by atoms with Crippen LogP contribution in [-0.2, 0) is 0 Å². The Kier molecular flexibility index (Phi) is 3.34. The summed E-state index contributed by atoms with van der Waals surface area (Å²) in [6.07, 6.45) is 2.33. The van der Waals surface area contributed by atoms with Gasteiger partial charge in [-0.2, -0.15) is 0 Å². The van der Waals surface area contributed by atoms with Crippen LogP contribution in [0.3, 0.4) is 0 Å². The third-order valence-electron chi connectivity index (χ3n) is 2.84. The van der Waals surface area contributed by atoms with Crippen molar-refractivity contribution in [3.8, 4) is 5.75 Å². The number of amidine groups is 1. The summed E-state index contributed by atoms with van der Waals surface area (Å²) >= 11 is 5.90. The van der Waals surface area contributed by atoms with Gasteiger partial charge in [0, 0.05) is 18.1 Å². The van der Waals surface area contributed by atoms with Crippen molar-refractivity contribution in [2.24, 2.45) is 0 Å². The fourth-order valence-corrected chi connectivity index (χ4v) is 2.13. The molecule has 1 saturated heterocycles. The number of methoxy groups -OCH3 is 1. The molecule has 1 N–H and O–H groups in total. The highest BCUT2D eigenvalue weighted by Gasteiger charge is 2.19. The van der Waals surface area contributed by atoms with Crippen molar-refractivity contribution >= 4 is 17.4 Å². The zero-order valence-corrected chi connectivity index (χ0v) is 10.0. The SMILES string of the molecule is COc1cc(Cl)ccc1C(=N)N1CCCC1. The molecule has 1 fully saturated rings. The Morgan fingerprint density at radius 1 is 1.38 bits per heavy atom. The predicted molar refractivity (Wildman–Crippen MR) is 65.6 cm³/mol. The van der Waals surface area contributed by atoms with Crippen LogP contribution in [0.2, 0.25) is 5.02 Å². The lowest BCUT2D eigenvalue weighted by molar-refractivity contribution is 0.411. The smallest absolute Gasteiger partial charge is 0.131 e. The van der Waals surface area contributed by atoms with Gasteiger partial charge in [0.2, 0.25) is 0 Å². The van der Waals surface area contributed by atoms with Crippen LogP contribution in [-0.4, -0.2) is 30.9 Å². The monoisotopic (exact) mass is 238 g/mol. The molecule has 0 unspecified atom stereocenters. The summed E-state index contributed by atoms with van der Waals surface area (Å²) < 4.78 is 5.25. The molecule has 3 nitrogen and oxygen atoms in total. The van der Waals surface area contributed by atoms with Crippen molar-refractivity contribution in [3.05, 3.63) is 28.8 Å². The Hall–Kier alpha value is -1.22. The van der Waals surface area contributed by atoms with Crippen molar-refractivity contribution in [3.63, 3.8) is 0 Å². The summed E-state index contributed by atoms with van der Waals surface area (Å²) in [5, 5.41) is 8.78. The second-order valence-corrected chi connectivity index (χ2v) is 4.32. The van der Waals surface area contributed by atoms with Crippen LogP contribution in [0.1, 0.15) is 18.4 Å². The summed E-state index contributed by atoms with van der Waals surface area (Å²) in [7, 11) is 1.60. The van der Waals surface area contributed by atoms with Crippen molar-refractivity contribution in [2.75, 3.05) is 20.2 Å². The van der Waals surface area contributed by atoms with Gasteiger partial charge in [-0.05, 0) is 31.0 Å². The highest BCUT2D eigenvalue weighted by atomic mass is 35.5. The number of nitrogens with zero attached hydrogens (tertiary/aromatic N) is 1. The Morgan fingerprint density at radius 3 is 2.69 bits per heavy atom. The number of rotatable bonds is 2. The van der Waals surface area contributed by atoms with Crippen LogP contribution in [0.4, 0.5) is 0 Å². The first-order valence-electron chi connectivity index (χ1n) is 5.40. The fourth-order valence-electron chi connectivity index (χ4n) is 1.97. The second kappa shape index (κ2) is 4.74. The van der Waals surface area contributed by atoms with E-state index in [1.54, 1.807) is 19.2 Å². The van der Waals surface area contributed by atoms with Crippen LogP contribution in [0.5, 0.6) is 5.75 Å². The Morgan fingerprint density at radius 2 is 2.06 bits per heavy atom. The lowest BCUT2D eigenvalue weighted by Crippen LogP contribution is -2.27. The highest BCUT2D eigenvalue weighted by Crippen LogP contribution is 2.25. The molecule has 0 radical (unpaired) electrons. The van der Waals surface area contributed by atoms with Gasteiger partial charge in [0.25, 0.3) is 0 Å². The molecule has 0 spiro atoms. The van der Waals surface area contributed by atoms with Gasteiger partial charge in [-0.1, -0.05) is 11.6 Å². The minimum Gasteiger partial charge on any atom is -0.496 e. The Labute approximate surface area is 100 Å². The third kappa shape index (κ3) is 2.14. The van der Waals surface area contributed by atoms with Crippen molar-refractivity contribution in [1.29, 1.82) is 5.41 Å². The number of hydrogen-bond acceptors (Lipinski definition) is 2. The lowest BCUT2D eigenvalue weighted by atomic mass is 10.1.